The van der Waals surface area contributed by atoms with Gasteiger partial charge in [-0.15, -0.1) is 0 Å². The van der Waals surface area contributed by atoms with Gasteiger partial charge in [0.2, 0.25) is 5.95 Å². The Morgan fingerprint density at radius 3 is 2.56 bits per heavy atom. The first-order chi connectivity index (χ1) is 7.70. The Morgan fingerprint density at radius 1 is 1.38 bits per heavy atom. The number of aldehydes is 1. The molecule has 0 saturated carbocycles. The predicted molar refractivity (Wildman–Crippen MR) is 53.1 cm³/mol. The number of carbonyl (C=O) groups excluding carboxylic acids is 2. The first-order valence-electron chi connectivity index (χ1n) is 4.34. The van der Waals surface area contributed by atoms with E-state index in [4.69, 9.17) is 5.73 Å². The molecule has 0 saturated heterocycles. The molecular formula is C9H7N5O2. The average Bonchev–Trinajstić information content (AvgIpc) is 2.78. The van der Waals surface area contributed by atoms with E-state index in [0.717, 1.165) is 0 Å². The first kappa shape index (κ1) is 9.97. The molecule has 2 rings (SSSR count). The van der Waals surface area contributed by atoms with Crippen LogP contribution in [0.25, 0.3) is 5.95 Å². The van der Waals surface area contributed by atoms with Gasteiger partial charge in [-0.25, -0.2) is 14.6 Å². The van der Waals surface area contributed by atoms with Crippen LogP contribution >= 0.6 is 0 Å². The largest absolute Gasteiger partial charge is 0.364 e. The number of nitrogens with zero attached hydrogens (tertiary/aromatic N) is 4. The molecule has 80 valence electrons. The van der Waals surface area contributed by atoms with Gasteiger partial charge in [0, 0.05) is 18.6 Å². The normalized spacial score (nSPS) is 10.0. The van der Waals surface area contributed by atoms with Crippen LogP contribution in [-0.2, 0) is 0 Å². The lowest BCUT2D eigenvalue weighted by Crippen LogP contribution is -2.12. The Kier molecular flexibility index (Phi) is 2.42. The van der Waals surface area contributed by atoms with Crippen molar-refractivity contribution < 1.29 is 9.59 Å². The van der Waals surface area contributed by atoms with Gasteiger partial charge in [0.15, 0.2) is 6.29 Å². The third-order valence-corrected chi connectivity index (χ3v) is 1.84. The van der Waals surface area contributed by atoms with E-state index in [1.54, 1.807) is 0 Å². The van der Waals surface area contributed by atoms with E-state index in [9.17, 15) is 9.59 Å². The van der Waals surface area contributed by atoms with Crippen molar-refractivity contribution in [3.05, 3.63) is 35.9 Å². The summed E-state index contributed by atoms with van der Waals surface area (Å²) < 4.78 is 1.30. The highest BCUT2D eigenvalue weighted by molar-refractivity contribution is 5.90. The van der Waals surface area contributed by atoms with Crippen molar-refractivity contribution in [3.8, 4) is 5.95 Å². The lowest BCUT2D eigenvalue weighted by Gasteiger charge is -1.97. The fourth-order valence-electron chi connectivity index (χ4n) is 1.08. The van der Waals surface area contributed by atoms with Crippen molar-refractivity contribution in [2.45, 2.75) is 0 Å². The second kappa shape index (κ2) is 3.89. The number of aromatic nitrogens is 4. The van der Waals surface area contributed by atoms with Crippen LogP contribution in [-0.4, -0.2) is 31.9 Å². The standard InChI is InChI=1S/C9H7N5O2/c10-8(16)7-1-2-14(13-7)9-11-3-6(5-15)4-12-9/h1-5H,(H2,10,16). The SMILES string of the molecule is NC(=O)c1ccn(-c2ncc(C=O)cn2)n1. The van der Waals surface area contributed by atoms with Crippen LogP contribution in [0.15, 0.2) is 24.7 Å². The highest BCUT2D eigenvalue weighted by Crippen LogP contribution is 2.01. The number of primary amides is 1. The minimum atomic E-state index is -0.622. The van der Waals surface area contributed by atoms with Gasteiger partial charge < -0.3 is 5.73 Å². The molecule has 0 aliphatic rings. The molecular weight excluding hydrogens is 210 g/mol. The van der Waals surface area contributed by atoms with Gasteiger partial charge in [-0.05, 0) is 6.07 Å². The van der Waals surface area contributed by atoms with E-state index in [1.165, 1.54) is 29.3 Å². The van der Waals surface area contributed by atoms with Crippen molar-refractivity contribution in [1.82, 2.24) is 19.7 Å². The molecule has 2 N–H and O–H groups in total. The quantitative estimate of drug-likeness (QED) is 0.702. The van der Waals surface area contributed by atoms with E-state index < -0.39 is 5.91 Å². The number of hydrogen-bond acceptors (Lipinski definition) is 5. The number of rotatable bonds is 3. The smallest absolute Gasteiger partial charge is 0.269 e. The van der Waals surface area contributed by atoms with Gasteiger partial charge in [-0.2, -0.15) is 5.10 Å². The minimum Gasteiger partial charge on any atom is -0.364 e. The van der Waals surface area contributed by atoms with Crippen molar-refractivity contribution in [2.24, 2.45) is 5.73 Å². The maximum absolute atomic E-state index is 10.8. The zero-order chi connectivity index (χ0) is 11.5. The van der Waals surface area contributed by atoms with Gasteiger partial charge in [0.25, 0.3) is 5.91 Å². The summed E-state index contributed by atoms with van der Waals surface area (Å²) in [7, 11) is 0. The van der Waals surface area contributed by atoms with Crippen LogP contribution in [0.2, 0.25) is 0 Å². The zero-order valence-electron chi connectivity index (χ0n) is 8.07. The molecule has 0 radical (unpaired) electrons. The predicted octanol–water partition coefficient (Wildman–Crippen LogP) is -0.426. The summed E-state index contributed by atoms with van der Waals surface area (Å²) in [6, 6.07) is 1.46. The molecule has 0 unspecified atom stereocenters. The molecule has 2 heterocycles. The van der Waals surface area contributed by atoms with Crippen LogP contribution in [0.5, 0.6) is 0 Å². The lowest BCUT2D eigenvalue weighted by molar-refractivity contribution is 0.0994. The average molecular weight is 217 g/mol. The topological polar surface area (TPSA) is 104 Å². The Morgan fingerprint density at radius 2 is 2.06 bits per heavy atom. The number of hydrogen-bond donors (Lipinski definition) is 1. The molecule has 0 aromatic carbocycles. The third kappa shape index (κ3) is 1.78. The van der Waals surface area contributed by atoms with Crippen LogP contribution in [0, 0.1) is 0 Å². The van der Waals surface area contributed by atoms with Crippen LogP contribution in [0.1, 0.15) is 20.8 Å². The highest BCUT2D eigenvalue weighted by Gasteiger charge is 2.07. The Bertz CT molecular complexity index is 531. The maximum atomic E-state index is 10.8. The van der Waals surface area contributed by atoms with E-state index >= 15 is 0 Å². The highest BCUT2D eigenvalue weighted by atomic mass is 16.1. The molecule has 0 aliphatic carbocycles. The maximum Gasteiger partial charge on any atom is 0.269 e. The Labute approximate surface area is 89.9 Å². The van der Waals surface area contributed by atoms with E-state index in [0.29, 0.717) is 11.8 Å². The summed E-state index contributed by atoms with van der Waals surface area (Å²) in [6.07, 6.45) is 4.87. The summed E-state index contributed by atoms with van der Waals surface area (Å²) in [4.78, 5) is 29.0. The molecule has 1 amide bonds. The molecule has 0 bridgehead atoms. The number of carbonyl (C=O) groups is 2. The monoisotopic (exact) mass is 217 g/mol. The number of nitrogens with two attached hydrogens (primary N) is 1. The second-order valence-corrected chi connectivity index (χ2v) is 2.94. The molecule has 2 aromatic rings. The van der Waals surface area contributed by atoms with Crippen molar-refractivity contribution in [2.75, 3.05) is 0 Å². The molecule has 7 heteroatoms. The van der Waals surface area contributed by atoms with Crippen LogP contribution in [0.4, 0.5) is 0 Å². The van der Waals surface area contributed by atoms with E-state index in [2.05, 4.69) is 15.1 Å². The van der Waals surface area contributed by atoms with E-state index in [-0.39, 0.29) is 11.6 Å². The Balaban J connectivity index is 2.35. The molecule has 0 atom stereocenters. The first-order valence-corrected chi connectivity index (χ1v) is 4.34. The molecule has 7 nitrogen and oxygen atoms in total. The summed E-state index contributed by atoms with van der Waals surface area (Å²) in [5.74, 6) is -0.360. The fourth-order valence-corrected chi connectivity index (χ4v) is 1.08. The fraction of sp³-hybridized carbons (Fsp3) is 0. The van der Waals surface area contributed by atoms with Crippen LogP contribution < -0.4 is 5.73 Å². The Hall–Kier alpha value is -2.57. The summed E-state index contributed by atoms with van der Waals surface area (Å²) in [6.45, 7) is 0. The minimum absolute atomic E-state index is 0.128. The van der Waals surface area contributed by atoms with Gasteiger partial charge in [-0.1, -0.05) is 0 Å². The lowest BCUT2D eigenvalue weighted by atomic mass is 10.4. The van der Waals surface area contributed by atoms with Gasteiger partial charge in [0.1, 0.15) is 5.69 Å². The molecule has 0 fully saturated rings. The van der Waals surface area contributed by atoms with Gasteiger partial charge in [0.05, 0.1) is 5.56 Å². The summed E-state index contributed by atoms with van der Waals surface area (Å²) in [5.41, 5.74) is 5.54. The molecule has 0 aliphatic heterocycles. The van der Waals surface area contributed by atoms with Crippen molar-refractivity contribution >= 4 is 12.2 Å². The summed E-state index contributed by atoms with van der Waals surface area (Å²) in [5, 5.41) is 3.86. The molecule has 0 spiro atoms. The zero-order valence-corrected chi connectivity index (χ0v) is 8.07. The third-order valence-electron chi connectivity index (χ3n) is 1.84. The second-order valence-electron chi connectivity index (χ2n) is 2.94. The van der Waals surface area contributed by atoms with Crippen LogP contribution in [0.3, 0.4) is 0 Å². The number of amides is 1. The van der Waals surface area contributed by atoms with E-state index in [1.807, 2.05) is 0 Å². The summed E-state index contributed by atoms with van der Waals surface area (Å²) >= 11 is 0. The molecule has 16 heavy (non-hydrogen) atoms. The van der Waals surface area contributed by atoms with Crippen molar-refractivity contribution in [1.29, 1.82) is 0 Å². The van der Waals surface area contributed by atoms with Gasteiger partial charge >= 0.3 is 0 Å². The molecule has 2 aromatic heterocycles. The van der Waals surface area contributed by atoms with Crippen molar-refractivity contribution in [3.63, 3.8) is 0 Å². The van der Waals surface area contributed by atoms with Gasteiger partial charge in [-0.3, -0.25) is 9.59 Å².